The van der Waals surface area contributed by atoms with E-state index < -0.39 is 0 Å². The molecule has 1 aliphatic heterocycles. The average Bonchev–Trinajstić information content (AvgIpc) is 2.94. The Bertz CT molecular complexity index is 648. The number of piperidine rings is 1. The first-order chi connectivity index (χ1) is 11.2. The highest BCUT2D eigenvalue weighted by Crippen LogP contribution is 2.24. The lowest BCUT2D eigenvalue weighted by Crippen LogP contribution is -2.32. The largest absolute Gasteiger partial charge is 0.497 e. The van der Waals surface area contributed by atoms with Gasteiger partial charge in [-0.1, -0.05) is 6.07 Å². The Morgan fingerprint density at radius 3 is 2.70 bits per heavy atom. The minimum absolute atomic E-state index is 0.413. The van der Waals surface area contributed by atoms with Gasteiger partial charge in [-0.3, -0.25) is 0 Å². The van der Waals surface area contributed by atoms with Crippen molar-refractivity contribution in [3.05, 3.63) is 35.9 Å². The summed E-state index contributed by atoms with van der Waals surface area (Å²) in [5.41, 5.74) is 0. The molecule has 6 nitrogen and oxygen atoms in total. The van der Waals surface area contributed by atoms with E-state index >= 15 is 0 Å². The van der Waals surface area contributed by atoms with Crippen LogP contribution >= 0.6 is 0 Å². The summed E-state index contributed by atoms with van der Waals surface area (Å²) in [6, 6.07) is 8.03. The number of rotatable bonds is 5. The maximum atomic E-state index is 5.89. The monoisotopic (exact) mass is 316 g/mol. The van der Waals surface area contributed by atoms with Crippen molar-refractivity contribution in [3.8, 4) is 11.5 Å². The van der Waals surface area contributed by atoms with Crippen LogP contribution in [0.2, 0.25) is 0 Å². The number of likely N-dealkylation sites (tertiary alicyclic amines) is 1. The quantitative estimate of drug-likeness (QED) is 0.848. The molecule has 23 heavy (non-hydrogen) atoms. The molecule has 0 bridgehead atoms. The molecule has 1 aromatic carbocycles. The smallest absolute Gasteiger partial charge is 0.165 e. The Labute approximate surface area is 137 Å². The Hall–Kier alpha value is -2.08. The van der Waals surface area contributed by atoms with Gasteiger partial charge in [0.05, 0.1) is 13.2 Å². The zero-order valence-corrected chi connectivity index (χ0v) is 14.0. The first kappa shape index (κ1) is 15.8. The van der Waals surface area contributed by atoms with E-state index in [1.165, 1.54) is 0 Å². The van der Waals surface area contributed by atoms with Crippen LogP contribution in [-0.2, 0) is 6.61 Å². The van der Waals surface area contributed by atoms with Crippen molar-refractivity contribution < 1.29 is 9.47 Å². The number of hydrogen-bond acceptors (Lipinski definition) is 5. The van der Waals surface area contributed by atoms with Crippen LogP contribution in [0.25, 0.3) is 0 Å². The molecule has 0 saturated carbocycles. The number of hydrogen-bond donors (Lipinski definition) is 0. The van der Waals surface area contributed by atoms with Gasteiger partial charge in [0.1, 0.15) is 23.9 Å². The Kier molecular flexibility index (Phi) is 4.81. The molecule has 0 amide bonds. The lowest BCUT2D eigenvalue weighted by atomic mass is 10.1. The SMILES string of the molecule is COc1cccc(OCc2nc(C)nn2C2CCN(C)CC2)c1. The summed E-state index contributed by atoms with van der Waals surface area (Å²) in [7, 11) is 3.81. The van der Waals surface area contributed by atoms with Crippen LogP contribution in [0.1, 0.15) is 30.5 Å². The second-order valence-corrected chi connectivity index (χ2v) is 6.02. The molecule has 3 rings (SSSR count). The van der Waals surface area contributed by atoms with E-state index in [1.54, 1.807) is 7.11 Å². The number of methoxy groups -OCH3 is 1. The molecule has 6 heteroatoms. The summed E-state index contributed by atoms with van der Waals surface area (Å²) >= 11 is 0. The lowest BCUT2D eigenvalue weighted by molar-refractivity contribution is 0.200. The molecular weight excluding hydrogens is 292 g/mol. The Balaban J connectivity index is 1.70. The molecular formula is C17H24N4O2. The summed E-state index contributed by atoms with van der Waals surface area (Å²) in [4.78, 5) is 6.90. The first-order valence-electron chi connectivity index (χ1n) is 8.03. The predicted molar refractivity (Wildman–Crippen MR) is 87.9 cm³/mol. The van der Waals surface area contributed by atoms with Crippen LogP contribution < -0.4 is 9.47 Å². The molecule has 0 N–H and O–H groups in total. The summed E-state index contributed by atoms with van der Waals surface area (Å²) in [6.45, 7) is 4.54. The fraction of sp³-hybridized carbons (Fsp3) is 0.529. The van der Waals surface area contributed by atoms with Gasteiger partial charge in [-0.05, 0) is 52.0 Å². The van der Waals surface area contributed by atoms with Gasteiger partial charge in [0.2, 0.25) is 0 Å². The van der Waals surface area contributed by atoms with Crippen molar-refractivity contribution in [2.24, 2.45) is 0 Å². The number of benzene rings is 1. The van der Waals surface area contributed by atoms with Gasteiger partial charge in [-0.25, -0.2) is 9.67 Å². The minimum atomic E-state index is 0.413. The maximum absolute atomic E-state index is 5.89. The molecule has 0 unspecified atom stereocenters. The first-order valence-corrected chi connectivity index (χ1v) is 8.03. The number of aromatic nitrogens is 3. The van der Waals surface area contributed by atoms with Gasteiger partial charge in [0.25, 0.3) is 0 Å². The zero-order valence-electron chi connectivity index (χ0n) is 14.0. The Morgan fingerprint density at radius 1 is 1.22 bits per heavy atom. The predicted octanol–water partition coefficient (Wildman–Crippen LogP) is 2.44. The minimum Gasteiger partial charge on any atom is -0.497 e. The van der Waals surface area contributed by atoms with Crippen LogP contribution in [0.5, 0.6) is 11.5 Å². The van der Waals surface area contributed by atoms with Crippen LogP contribution in [0.4, 0.5) is 0 Å². The fourth-order valence-corrected chi connectivity index (χ4v) is 2.94. The summed E-state index contributed by atoms with van der Waals surface area (Å²) in [5, 5.41) is 4.59. The van der Waals surface area contributed by atoms with E-state index in [2.05, 4.69) is 26.7 Å². The lowest BCUT2D eigenvalue weighted by Gasteiger charge is -2.29. The zero-order chi connectivity index (χ0) is 16.2. The molecule has 0 aliphatic carbocycles. The van der Waals surface area contributed by atoms with Crippen molar-refractivity contribution >= 4 is 0 Å². The van der Waals surface area contributed by atoms with Crippen molar-refractivity contribution in [1.82, 2.24) is 19.7 Å². The summed E-state index contributed by atoms with van der Waals surface area (Å²) < 4.78 is 13.2. The van der Waals surface area contributed by atoms with Crippen LogP contribution in [0, 0.1) is 6.92 Å². The van der Waals surface area contributed by atoms with E-state index in [9.17, 15) is 0 Å². The number of nitrogens with zero attached hydrogens (tertiary/aromatic N) is 4. The topological polar surface area (TPSA) is 52.4 Å². The fourth-order valence-electron chi connectivity index (χ4n) is 2.94. The van der Waals surface area contributed by atoms with Gasteiger partial charge in [-0.2, -0.15) is 5.10 Å². The third kappa shape index (κ3) is 3.82. The van der Waals surface area contributed by atoms with Crippen LogP contribution in [0.3, 0.4) is 0 Å². The molecule has 0 atom stereocenters. The van der Waals surface area contributed by atoms with Crippen molar-refractivity contribution in [2.45, 2.75) is 32.4 Å². The van der Waals surface area contributed by atoms with Crippen molar-refractivity contribution in [3.63, 3.8) is 0 Å². The molecule has 1 saturated heterocycles. The highest BCUT2D eigenvalue weighted by molar-refractivity contribution is 5.32. The van der Waals surface area contributed by atoms with E-state index in [4.69, 9.17) is 9.47 Å². The molecule has 2 heterocycles. The molecule has 1 aliphatic rings. The third-order valence-electron chi connectivity index (χ3n) is 4.25. The highest BCUT2D eigenvalue weighted by atomic mass is 16.5. The average molecular weight is 316 g/mol. The van der Waals surface area contributed by atoms with E-state index in [0.29, 0.717) is 12.6 Å². The second kappa shape index (κ2) is 7.00. The summed E-state index contributed by atoms with van der Waals surface area (Å²) in [5.74, 6) is 3.25. The van der Waals surface area contributed by atoms with Crippen LogP contribution in [-0.4, -0.2) is 46.9 Å². The third-order valence-corrected chi connectivity index (χ3v) is 4.25. The normalized spacial score (nSPS) is 16.5. The molecule has 0 radical (unpaired) electrons. The van der Waals surface area contributed by atoms with Gasteiger partial charge < -0.3 is 14.4 Å². The van der Waals surface area contributed by atoms with Gasteiger partial charge in [0, 0.05) is 6.07 Å². The highest BCUT2D eigenvalue weighted by Gasteiger charge is 2.22. The van der Waals surface area contributed by atoms with Crippen molar-refractivity contribution in [1.29, 1.82) is 0 Å². The standard InChI is InChI=1S/C17H24N4O2/c1-13-18-17(12-23-16-6-4-5-15(11-16)22-3)21(19-13)14-7-9-20(2)10-8-14/h4-6,11,14H,7-10,12H2,1-3H3. The van der Waals surface area contributed by atoms with Gasteiger partial charge >= 0.3 is 0 Å². The molecule has 1 aromatic heterocycles. The van der Waals surface area contributed by atoms with E-state index in [1.807, 2.05) is 31.2 Å². The Morgan fingerprint density at radius 2 is 1.96 bits per heavy atom. The maximum Gasteiger partial charge on any atom is 0.165 e. The number of ether oxygens (including phenoxy) is 2. The van der Waals surface area contributed by atoms with Crippen LogP contribution in [0.15, 0.2) is 24.3 Å². The second-order valence-electron chi connectivity index (χ2n) is 6.02. The molecule has 124 valence electrons. The number of aryl methyl sites for hydroxylation is 1. The molecule has 2 aromatic rings. The van der Waals surface area contributed by atoms with E-state index in [-0.39, 0.29) is 0 Å². The summed E-state index contributed by atoms with van der Waals surface area (Å²) in [6.07, 6.45) is 2.21. The van der Waals surface area contributed by atoms with E-state index in [0.717, 1.165) is 49.1 Å². The molecule has 0 spiro atoms. The molecule has 1 fully saturated rings. The van der Waals surface area contributed by atoms with Crippen molar-refractivity contribution in [2.75, 3.05) is 27.2 Å². The van der Waals surface area contributed by atoms with Gasteiger partial charge in [-0.15, -0.1) is 0 Å². The van der Waals surface area contributed by atoms with Gasteiger partial charge in [0.15, 0.2) is 5.82 Å².